The van der Waals surface area contributed by atoms with E-state index in [1.807, 2.05) is 26.0 Å². The number of nitrogens with zero attached hydrogens (tertiary/aromatic N) is 3. The molecule has 2 aromatic rings. The fourth-order valence-electron chi connectivity index (χ4n) is 2.96. The number of aromatic nitrogens is 2. The summed E-state index contributed by atoms with van der Waals surface area (Å²) in [7, 11) is -1.44. The first-order chi connectivity index (χ1) is 11.7. The lowest BCUT2D eigenvalue weighted by atomic mass is 10.1. The number of hydrogen-bond donors (Lipinski definition) is 1. The van der Waals surface area contributed by atoms with Crippen LogP contribution in [-0.2, 0) is 16.9 Å². The van der Waals surface area contributed by atoms with Gasteiger partial charge in [0.05, 0.1) is 29.8 Å². The van der Waals surface area contributed by atoms with Gasteiger partial charge in [0.1, 0.15) is 11.5 Å². The van der Waals surface area contributed by atoms with Crippen LogP contribution in [0.3, 0.4) is 0 Å². The highest BCUT2D eigenvalue weighted by atomic mass is 32.2. The Bertz CT molecular complexity index is 870. The Morgan fingerprint density at radius 1 is 1.44 bits per heavy atom. The highest BCUT2D eigenvalue weighted by molar-refractivity contribution is 7.91. The third kappa shape index (κ3) is 3.87. The van der Waals surface area contributed by atoms with Gasteiger partial charge in [0.25, 0.3) is 0 Å². The highest BCUT2D eigenvalue weighted by Crippen LogP contribution is 2.27. The predicted molar refractivity (Wildman–Crippen MR) is 91.7 cm³/mol. The lowest BCUT2D eigenvalue weighted by Gasteiger charge is -2.35. The number of carbonyl (C=O) groups excluding carboxylic acids is 1. The van der Waals surface area contributed by atoms with E-state index in [-0.39, 0.29) is 30.1 Å². The number of nitrogens with one attached hydrogen (secondary N) is 1. The lowest BCUT2D eigenvalue weighted by molar-refractivity contribution is 0.176. The second-order valence-corrected chi connectivity index (χ2v) is 8.62. The molecule has 0 aromatic carbocycles. The molecule has 3 rings (SSSR count). The minimum absolute atomic E-state index is 0.0363. The predicted octanol–water partition coefficient (Wildman–Crippen LogP) is 1.56. The van der Waals surface area contributed by atoms with Crippen molar-refractivity contribution >= 4 is 15.9 Å². The summed E-state index contributed by atoms with van der Waals surface area (Å²) in [5, 5.41) is 6.98. The molecule has 0 unspecified atom stereocenters. The van der Waals surface area contributed by atoms with Crippen LogP contribution in [0.2, 0.25) is 0 Å². The zero-order valence-corrected chi connectivity index (χ0v) is 15.3. The van der Waals surface area contributed by atoms with Crippen LogP contribution in [0.15, 0.2) is 28.9 Å². The Labute approximate surface area is 146 Å². The molecule has 8 nitrogen and oxygen atoms in total. The molecule has 2 atom stereocenters. The monoisotopic (exact) mass is 366 g/mol. The van der Waals surface area contributed by atoms with Crippen molar-refractivity contribution in [2.75, 3.05) is 18.1 Å². The van der Waals surface area contributed by atoms with Crippen molar-refractivity contribution in [1.82, 2.24) is 20.0 Å². The van der Waals surface area contributed by atoms with Gasteiger partial charge in [-0.2, -0.15) is 5.10 Å². The largest absolute Gasteiger partial charge is 0.464 e. The Morgan fingerprint density at radius 3 is 2.80 bits per heavy atom. The van der Waals surface area contributed by atoms with Crippen LogP contribution in [0.25, 0.3) is 0 Å². The summed E-state index contributed by atoms with van der Waals surface area (Å²) in [6.07, 6.45) is 3.34. The van der Waals surface area contributed by atoms with E-state index in [9.17, 15) is 13.2 Å². The molecule has 9 heteroatoms. The highest BCUT2D eigenvalue weighted by Gasteiger charge is 2.36. The van der Waals surface area contributed by atoms with Gasteiger partial charge < -0.3 is 14.6 Å². The van der Waals surface area contributed by atoms with Crippen molar-refractivity contribution in [1.29, 1.82) is 0 Å². The Hall–Kier alpha value is -2.29. The maximum absolute atomic E-state index is 12.7. The quantitative estimate of drug-likeness (QED) is 0.889. The van der Waals surface area contributed by atoms with Crippen molar-refractivity contribution < 1.29 is 17.6 Å². The van der Waals surface area contributed by atoms with E-state index in [0.717, 1.165) is 5.76 Å². The van der Waals surface area contributed by atoms with E-state index in [2.05, 4.69) is 10.4 Å². The van der Waals surface area contributed by atoms with Crippen LogP contribution in [0.1, 0.15) is 36.1 Å². The molecule has 1 N–H and O–H groups in total. The number of amides is 2. The summed E-state index contributed by atoms with van der Waals surface area (Å²) in [6.45, 7) is 3.82. The summed E-state index contributed by atoms with van der Waals surface area (Å²) >= 11 is 0. The van der Waals surface area contributed by atoms with E-state index in [1.54, 1.807) is 29.0 Å². The molecule has 0 radical (unpaired) electrons. The summed E-state index contributed by atoms with van der Waals surface area (Å²) in [5.74, 6) is 1.30. The molecule has 25 heavy (non-hydrogen) atoms. The first-order valence-corrected chi connectivity index (χ1v) is 9.90. The van der Waals surface area contributed by atoms with E-state index in [1.165, 1.54) is 0 Å². The van der Waals surface area contributed by atoms with Crippen LogP contribution in [0.5, 0.6) is 0 Å². The Morgan fingerprint density at radius 2 is 2.20 bits per heavy atom. The molecule has 0 saturated carbocycles. The van der Waals surface area contributed by atoms with Crippen molar-refractivity contribution in [2.45, 2.75) is 25.9 Å². The number of aryl methyl sites for hydroxylation is 2. The summed E-state index contributed by atoms with van der Waals surface area (Å²) in [6, 6.07) is 2.49. The van der Waals surface area contributed by atoms with Gasteiger partial charge in [-0.05, 0) is 26.0 Å². The molecular weight excluding hydrogens is 344 g/mol. The number of furan rings is 1. The first kappa shape index (κ1) is 17.5. The Kier molecular flexibility index (Phi) is 4.59. The van der Waals surface area contributed by atoms with Crippen LogP contribution < -0.4 is 5.32 Å². The molecule has 0 bridgehead atoms. The molecule has 1 fully saturated rings. The van der Waals surface area contributed by atoms with Crippen LogP contribution in [0.4, 0.5) is 4.79 Å². The van der Waals surface area contributed by atoms with E-state index < -0.39 is 15.9 Å². The minimum atomic E-state index is -3.19. The fourth-order valence-corrected chi connectivity index (χ4v) is 4.46. The third-order valence-electron chi connectivity index (χ3n) is 4.33. The van der Waals surface area contributed by atoms with Gasteiger partial charge in [0.2, 0.25) is 0 Å². The molecule has 1 aliphatic heterocycles. The number of urea groups is 1. The molecule has 1 saturated heterocycles. The van der Waals surface area contributed by atoms with Gasteiger partial charge in [-0.1, -0.05) is 0 Å². The van der Waals surface area contributed by atoms with Crippen LogP contribution in [-0.4, -0.2) is 47.2 Å². The Balaban J connectivity index is 1.79. The summed E-state index contributed by atoms with van der Waals surface area (Å²) in [5.41, 5.74) is 0.711. The number of carbonyl (C=O) groups is 1. The SMILES string of the molecule is Cc1ccc([C@@H](C)NC(=O)N2CCS(=O)(=O)C[C@@H]2c2cnn(C)c2)o1. The third-order valence-corrected chi connectivity index (χ3v) is 5.96. The molecule has 0 spiro atoms. The molecule has 0 aliphatic carbocycles. The molecule has 2 amide bonds. The number of rotatable bonds is 3. The second-order valence-electron chi connectivity index (χ2n) is 6.39. The second kappa shape index (κ2) is 6.55. The summed E-state index contributed by atoms with van der Waals surface area (Å²) in [4.78, 5) is 14.3. The molecule has 3 heterocycles. The fraction of sp³-hybridized carbons (Fsp3) is 0.500. The molecular formula is C16H22N4O4S. The normalized spacial score (nSPS) is 21.1. The van der Waals surface area contributed by atoms with Gasteiger partial charge in [-0.15, -0.1) is 0 Å². The average molecular weight is 366 g/mol. The zero-order chi connectivity index (χ0) is 18.2. The standard InChI is InChI=1S/C16H22N4O4S/c1-11-4-5-15(24-11)12(2)18-16(21)20-6-7-25(22,23)10-14(20)13-8-17-19(3)9-13/h4-5,8-9,12,14H,6-7,10H2,1-3H3,(H,18,21)/t12-,14-/m1/s1. The van der Waals surface area contributed by atoms with Crippen molar-refractivity contribution in [3.8, 4) is 0 Å². The number of sulfone groups is 1. The minimum Gasteiger partial charge on any atom is -0.464 e. The van der Waals surface area contributed by atoms with Crippen molar-refractivity contribution in [2.24, 2.45) is 7.05 Å². The first-order valence-electron chi connectivity index (χ1n) is 8.07. The van der Waals surface area contributed by atoms with Gasteiger partial charge in [-0.25, -0.2) is 13.2 Å². The lowest BCUT2D eigenvalue weighted by Crippen LogP contribution is -2.50. The van der Waals surface area contributed by atoms with Gasteiger partial charge in [0.15, 0.2) is 9.84 Å². The maximum Gasteiger partial charge on any atom is 0.318 e. The van der Waals surface area contributed by atoms with Gasteiger partial charge in [-0.3, -0.25) is 4.68 Å². The van der Waals surface area contributed by atoms with Crippen molar-refractivity contribution in [3.63, 3.8) is 0 Å². The van der Waals surface area contributed by atoms with Crippen LogP contribution in [0, 0.1) is 6.92 Å². The van der Waals surface area contributed by atoms with Crippen molar-refractivity contribution in [3.05, 3.63) is 41.6 Å². The molecule has 136 valence electrons. The summed E-state index contributed by atoms with van der Waals surface area (Å²) < 4.78 is 31.2. The van der Waals surface area contributed by atoms with Gasteiger partial charge >= 0.3 is 6.03 Å². The van der Waals surface area contributed by atoms with E-state index >= 15 is 0 Å². The average Bonchev–Trinajstić information content (AvgIpc) is 3.14. The maximum atomic E-state index is 12.7. The topological polar surface area (TPSA) is 97.4 Å². The molecule has 2 aromatic heterocycles. The smallest absolute Gasteiger partial charge is 0.318 e. The molecule has 1 aliphatic rings. The zero-order valence-electron chi connectivity index (χ0n) is 14.5. The van der Waals surface area contributed by atoms with Crippen LogP contribution >= 0.6 is 0 Å². The number of hydrogen-bond acceptors (Lipinski definition) is 5. The van der Waals surface area contributed by atoms with E-state index in [0.29, 0.717) is 11.3 Å². The van der Waals surface area contributed by atoms with E-state index in [4.69, 9.17) is 4.42 Å². The van der Waals surface area contributed by atoms with Gasteiger partial charge in [0, 0.05) is 25.4 Å².